The number of amides is 2. The molecule has 1 unspecified atom stereocenters. The minimum absolute atomic E-state index is 0.108. The van der Waals surface area contributed by atoms with E-state index in [1.807, 2.05) is 45.9 Å². The first-order chi connectivity index (χ1) is 13.2. The zero-order chi connectivity index (χ0) is 20.5. The first-order valence-electron chi connectivity index (χ1n) is 9.57. The highest BCUT2D eigenvalue weighted by Gasteiger charge is 2.66. The number of carbonyl (C=O) groups excluding carboxylic acids is 2. The van der Waals surface area contributed by atoms with Crippen LogP contribution < -0.4 is 10.6 Å². The molecule has 28 heavy (non-hydrogen) atoms. The highest BCUT2D eigenvalue weighted by Crippen LogP contribution is 2.64. The van der Waals surface area contributed by atoms with Crippen LogP contribution in [-0.2, 0) is 15.0 Å². The van der Waals surface area contributed by atoms with Crippen LogP contribution >= 0.6 is 0 Å². The summed E-state index contributed by atoms with van der Waals surface area (Å²) in [6, 6.07) is 12.0. The summed E-state index contributed by atoms with van der Waals surface area (Å²) in [5, 5.41) is 5.79. The van der Waals surface area contributed by atoms with Crippen molar-refractivity contribution in [2.45, 2.75) is 46.0 Å². The molecular formula is C23H27FN2O2. The Labute approximate surface area is 165 Å². The molecule has 1 aliphatic carbocycles. The van der Waals surface area contributed by atoms with Crippen LogP contribution in [0.5, 0.6) is 0 Å². The van der Waals surface area contributed by atoms with Gasteiger partial charge in [0.2, 0.25) is 11.8 Å². The van der Waals surface area contributed by atoms with Gasteiger partial charge in [0.1, 0.15) is 5.82 Å². The third-order valence-corrected chi connectivity index (χ3v) is 5.76. The van der Waals surface area contributed by atoms with Crippen molar-refractivity contribution in [3.8, 4) is 0 Å². The maximum Gasteiger partial charge on any atom is 0.231 e. The van der Waals surface area contributed by atoms with E-state index in [1.165, 1.54) is 12.1 Å². The molecule has 0 spiro atoms. The van der Waals surface area contributed by atoms with Crippen LogP contribution in [0.15, 0.2) is 42.5 Å². The fourth-order valence-electron chi connectivity index (χ4n) is 3.97. The maximum absolute atomic E-state index is 13.3. The third kappa shape index (κ3) is 3.79. The van der Waals surface area contributed by atoms with Crippen LogP contribution in [-0.4, -0.2) is 18.4 Å². The summed E-state index contributed by atoms with van der Waals surface area (Å²) >= 11 is 0. The van der Waals surface area contributed by atoms with E-state index in [4.69, 9.17) is 0 Å². The summed E-state index contributed by atoms with van der Waals surface area (Å²) in [5.41, 5.74) is 2.89. The van der Waals surface area contributed by atoms with Crippen molar-refractivity contribution < 1.29 is 14.0 Å². The first-order valence-corrected chi connectivity index (χ1v) is 9.57. The van der Waals surface area contributed by atoms with Crippen molar-refractivity contribution >= 4 is 17.5 Å². The number of aryl methyl sites for hydroxylation is 2. The van der Waals surface area contributed by atoms with Crippen molar-refractivity contribution in [1.82, 2.24) is 5.32 Å². The van der Waals surface area contributed by atoms with E-state index in [9.17, 15) is 14.0 Å². The summed E-state index contributed by atoms with van der Waals surface area (Å²) in [6.45, 7) is 8.27. The van der Waals surface area contributed by atoms with E-state index in [2.05, 4.69) is 10.6 Å². The van der Waals surface area contributed by atoms with Crippen LogP contribution in [0.4, 0.5) is 10.1 Å². The van der Waals surface area contributed by atoms with Gasteiger partial charge in [0.15, 0.2) is 0 Å². The lowest BCUT2D eigenvalue weighted by Crippen LogP contribution is -2.39. The number of carbonyl (C=O) groups is 2. The average molecular weight is 382 g/mol. The number of anilines is 1. The van der Waals surface area contributed by atoms with Crippen LogP contribution in [0.1, 0.15) is 43.4 Å². The Morgan fingerprint density at radius 2 is 1.71 bits per heavy atom. The van der Waals surface area contributed by atoms with Gasteiger partial charge in [0, 0.05) is 18.7 Å². The molecule has 2 amide bonds. The lowest BCUT2D eigenvalue weighted by molar-refractivity contribution is -0.124. The van der Waals surface area contributed by atoms with Crippen molar-refractivity contribution in [2.24, 2.45) is 5.41 Å². The number of benzene rings is 2. The SMILES string of the molecule is Cc1ccc(NC(=O)CCNC(=O)C2(c3ccc(F)cc3)CC2(C)C)c(C)c1. The molecule has 0 aromatic heterocycles. The molecule has 0 aliphatic heterocycles. The molecule has 2 N–H and O–H groups in total. The zero-order valence-corrected chi connectivity index (χ0v) is 16.9. The lowest BCUT2D eigenvalue weighted by atomic mass is 9.87. The average Bonchev–Trinajstić information content (AvgIpc) is 3.21. The van der Waals surface area contributed by atoms with Gasteiger partial charge in [-0.05, 0) is 55.0 Å². The predicted octanol–water partition coefficient (Wildman–Crippen LogP) is 4.26. The summed E-state index contributed by atoms with van der Waals surface area (Å²) in [4.78, 5) is 25.2. The van der Waals surface area contributed by atoms with Gasteiger partial charge in [-0.15, -0.1) is 0 Å². The number of halogens is 1. The minimum Gasteiger partial charge on any atom is -0.355 e. The van der Waals surface area contributed by atoms with E-state index in [0.717, 1.165) is 22.4 Å². The number of hydrogen-bond donors (Lipinski definition) is 2. The van der Waals surface area contributed by atoms with Gasteiger partial charge in [-0.2, -0.15) is 0 Å². The van der Waals surface area contributed by atoms with E-state index >= 15 is 0 Å². The molecule has 1 fully saturated rings. The molecule has 148 valence electrons. The molecule has 1 saturated carbocycles. The largest absolute Gasteiger partial charge is 0.355 e. The van der Waals surface area contributed by atoms with Gasteiger partial charge in [-0.1, -0.05) is 43.7 Å². The lowest BCUT2D eigenvalue weighted by Gasteiger charge is -2.21. The molecule has 2 aromatic rings. The van der Waals surface area contributed by atoms with Crippen LogP contribution in [0.2, 0.25) is 0 Å². The van der Waals surface area contributed by atoms with Gasteiger partial charge >= 0.3 is 0 Å². The molecular weight excluding hydrogens is 355 g/mol. The topological polar surface area (TPSA) is 58.2 Å². The van der Waals surface area contributed by atoms with Crippen molar-refractivity contribution in [2.75, 3.05) is 11.9 Å². The first kappa shape index (κ1) is 20.1. The number of rotatable bonds is 6. The van der Waals surface area contributed by atoms with Gasteiger partial charge in [-0.3, -0.25) is 9.59 Å². The standard InChI is InChI=1S/C23H27FN2O2/c1-15-5-10-19(16(2)13-15)26-20(27)11-12-25-21(28)23(14-22(23,3)4)17-6-8-18(24)9-7-17/h5-10,13H,11-12,14H2,1-4H3,(H,25,28)(H,26,27). The fraction of sp³-hybridized carbons (Fsp3) is 0.391. The van der Waals surface area contributed by atoms with Gasteiger partial charge < -0.3 is 10.6 Å². The van der Waals surface area contributed by atoms with Crippen LogP contribution in [0.25, 0.3) is 0 Å². The molecule has 0 saturated heterocycles. The summed E-state index contributed by atoms with van der Waals surface area (Å²) in [5.74, 6) is -0.567. The van der Waals surface area contributed by atoms with E-state index in [0.29, 0.717) is 6.42 Å². The van der Waals surface area contributed by atoms with Gasteiger partial charge in [0.25, 0.3) is 0 Å². The monoisotopic (exact) mass is 382 g/mol. The zero-order valence-electron chi connectivity index (χ0n) is 16.9. The van der Waals surface area contributed by atoms with E-state index < -0.39 is 5.41 Å². The second-order valence-corrected chi connectivity index (χ2v) is 8.35. The highest BCUT2D eigenvalue weighted by molar-refractivity contribution is 5.94. The number of nitrogens with one attached hydrogen (secondary N) is 2. The van der Waals surface area contributed by atoms with E-state index in [1.54, 1.807) is 12.1 Å². The number of hydrogen-bond acceptors (Lipinski definition) is 2. The molecule has 3 rings (SSSR count). The Kier molecular flexibility index (Phi) is 5.28. The molecule has 1 aliphatic rings. The molecule has 0 heterocycles. The second kappa shape index (κ2) is 7.38. The van der Waals surface area contributed by atoms with E-state index in [-0.39, 0.29) is 36.0 Å². The molecule has 5 heteroatoms. The summed E-state index contributed by atoms with van der Waals surface area (Å²) in [7, 11) is 0. The Bertz CT molecular complexity index is 905. The third-order valence-electron chi connectivity index (χ3n) is 5.76. The minimum atomic E-state index is -0.662. The Morgan fingerprint density at radius 1 is 1.07 bits per heavy atom. The molecule has 4 nitrogen and oxygen atoms in total. The van der Waals surface area contributed by atoms with Crippen molar-refractivity contribution in [1.29, 1.82) is 0 Å². The highest BCUT2D eigenvalue weighted by atomic mass is 19.1. The summed E-state index contributed by atoms with van der Waals surface area (Å²) < 4.78 is 13.3. The van der Waals surface area contributed by atoms with Gasteiger partial charge in [-0.25, -0.2) is 4.39 Å². The molecule has 1 atom stereocenters. The molecule has 0 bridgehead atoms. The summed E-state index contributed by atoms with van der Waals surface area (Å²) in [6.07, 6.45) is 0.894. The Morgan fingerprint density at radius 3 is 2.29 bits per heavy atom. The Balaban J connectivity index is 1.58. The van der Waals surface area contributed by atoms with Crippen molar-refractivity contribution in [3.63, 3.8) is 0 Å². The fourth-order valence-corrected chi connectivity index (χ4v) is 3.97. The maximum atomic E-state index is 13.3. The molecule has 2 aromatic carbocycles. The van der Waals surface area contributed by atoms with Gasteiger partial charge in [0.05, 0.1) is 5.41 Å². The molecule has 0 radical (unpaired) electrons. The van der Waals surface area contributed by atoms with Crippen LogP contribution in [0.3, 0.4) is 0 Å². The smallest absolute Gasteiger partial charge is 0.231 e. The van der Waals surface area contributed by atoms with Crippen LogP contribution in [0, 0.1) is 25.1 Å². The predicted molar refractivity (Wildman–Crippen MR) is 109 cm³/mol. The normalized spacial score (nSPS) is 19.8. The quantitative estimate of drug-likeness (QED) is 0.784. The second-order valence-electron chi connectivity index (χ2n) is 8.35. The van der Waals surface area contributed by atoms with Crippen molar-refractivity contribution in [3.05, 3.63) is 65.0 Å². The Hall–Kier alpha value is -2.69.